The fourth-order valence-electron chi connectivity index (χ4n) is 2.66. The van der Waals surface area contributed by atoms with Gasteiger partial charge < -0.3 is 9.80 Å². The van der Waals surface area contributed by atoms with Gasteiger partial charge in [-0.05, 0) is 32.9 Å². The Morgan fingerprint density at radius 1 is 1.24 bits per heavy atom. The van der Waals surface area contributed by atoms with Crippen molar-refractivity contribution in [3.8, 4) is 0 Å². The lowest BCUT2D eigenvalue weighted by Crippen LogP contribution is -2.49. The highest BCUT2D eigenvalue weighted by Crippen LogP contribution is 2.36. The van der Waals surface area contributed by atoms with Crippen LogP contribution in [-0.2, 0) is 0 Å². The number of hydrogen-bond acceptors (Lipinski definition) is 2. The Bertz CT molecular complexity index is 411. The third kappa shape index (κ3) is 2.04. The average molecular weight is 230 g/mol. The molecule has 1 heterocycles. The zero-order valence-corrected chi connectivity index (χ0v) is 11.1. The molecule has 0 N–H and O–H groups in total. The summed E-state index contributed by atoms with van der Waals surface area (Å²) in [5, 5.41) is 0. The maximum atomic E-state index is 4.15. The summed E-state index contributed by atoms with van der Waals surface area (Å²) in [6, 6.07) is 9.12. The van der Waals surface area contributed by atoms with Gasteiger partial charge in [0.2, 0.25) is 0 Å². The molecule has 0 amide bonds. The smallest absolute Gasteiger partial charge is 0.0672 e. The highest BCUT2D eigenvalue weighted by atomic mass is 15.3. The molecule has 92 valence electrons. The molecular weight excluding hydrogens is 208 g/mol. The summed E-state index contributed by atoms with van der Waals surface area (Å²) in [6.07, 6.45) is 0. The predicted octanol–water partition coefficient (Wildman–Crippen LogP) is 3.30. The van der Waals surface area contributed by atoms with E-state index in [1.54, 1.807) is 0 Å². The van der Waals surface area contributed by atoms with E-state index in [4.69, 9.17) is 0 Å². The zero-order chi connectivity index (χ0) is 12.4. The molecule has 0 bridgehead atoms. The molecule has 0 spiro atoms. The van der Waals surface area contributed by atoms with Crippen molar-refractivity contribution in [2.45, 2.75) is 26.8 Å². The first-order valence-electron chi connectivity index (χ1n) is 6.45. The molecule has 17 heavy (non-hydrogen) atoms. The molecule has 1 aliphatic rings. The Hall–Kier alpha value is -1.44. The predicted molar refractivity (Wildman–Crippen MR) is 76.0 cm³/mol. The van der Waals surface area contributed by atoms with Crippen LogP contribution in [0.25, 0.3) is 0 Å². The van der Waals surface area contributed by atoms with E-state index in [1.165, 1.54) is 16.9 Å². The van der Waals surface area contributed by atoms with Gasteiger partial charge in [-0.15, -0.1) is 0 Å². The van der Waals surface area contributed by atoms with Gasteiger partial charge in [0.1, 0.15) is 0 Å². The second kappa shape index (κ2) is 4.82. The van der Waals surface area contributed by atoms with Gasteiger partial charge in [-0.1, -0.05) is 24.3 Å². The van der Waals surface area contributed by atoms with Crippen molar-refractivity contribution in [3.05, 3.63) is 36.4 Å². The van der Waals surface area contributed by atoms with E-state index < -0.39 is 0 Å². The van der Waals surface area contributed by atoms with Gasteiger partial charge in [0.05, 0.1) is 17.4 Å². The van der Waals surface area contributed by atoms with Crippen molar-refractivity contribution >= 4 is 11.4 Å². The van der Waals surface area contributed by atoms with Crippen LogP contribution < -0.4 is 9.80 Å². The summed E-state index contributed by atoms with van der Waals surface area (Å²) >= 11 is 0. The standard InChI is InChI=1S/C15H22N2/c1-5-16-11-15(12(3)4)17(6-2)14-10-8-7-9-13(14)16/h7-10,15H,3,5-6,11H2,1-2,4H3. The summed E-state index contributed by atoms with van der Waals surface area (Å²) < 4.78 is 0. The van der Waals surface area contributed by atoms with E-state index in [-0.39, 0.29) is 0 Å². The average Bonchev–Trinajstić information content (AvgIpc) is 2.36. The van der Waals surface area contributed by atoms with Crippen molar-refractivity contribution in [1.29, 1.82) is 0 Å². The molecule has 0 aromatic heterocycles. The summed E-state index contributed by atoms with van der Waals surface area (Å²) in [7, 11) is 0. The first-order valence-corrected chi connectivity index (χ1v) is 6.45. The Balaban J connectivity index is 2.46. The lowest BCUT2D eigenvalue weighted by Gasteiger charge is -2.44. The van der Waals surface area contributed by atoms with Crippen molar-refractivity contribution < 1.29 is 0 Å². The van der Waals surface area contributed by atoms with E-state index >= 15 is 0 Å². The highest BCUT2D eigenvalue weighted by Gasteiger charge is 2.28. The SMILES string of the molecule is C=C(C)C1CN(CC)c2ccccc2N1CC. The van der Waals surface area contributed by atoms with Gasteiger partial charge in [0, 0.05) is 19.6 Å². The van der Waals surface area contributed by atoms with Crippen molar-refractivity contribution in [2.24, 2.45) is 0 Å². The van der Waals surface area contributed by atoms with Crippen molar-refractivity contribution in [2.75, 3.05) is 29.4 Å². The van der Waals surface area contributed by atoms with E-state index in [1.807, 2.05) is 0 Å². The molecule has 0 saturated heterocycles. The normalized spacial score (nSPS) is 19.1. The number of para-hydroxylation sites is 2. The van der Waals surface area contributed by atoms with Crippen molar-refractivity contribution in [3.63, 3.8) is 0 Å². The third-order valence-corrected chi connectivity index (χ3v) is 3.59. The molecule has 1 unspecified atom stereocenters. The zero-order valence-electron chi connectivity index (χ0n) is 11.1. The minimum Gasteiger partial charge on any atom is -0.368 e. The Morgan fingerprint density at radius 3 is 2.41 bits per heavy atom. The molecule has 1 aliphatic heterocycles. The number of rotatable bonds is 3. The summed E-state index contributed by atoms with van der Waals surface area (Å²) in [4.78, 5) is 4.91. The van der Waals surface area contributed by atoms with Gasteiger partial charge in [-0.2, -0.15) is 0 Å². The van der Waals surface area contributed by atoms with Gasteiger partial charge >= 0.3 is 0 Å². The summed E-state index contributed by atoms with van der Waals surface area (Å²) in [5.74, 6) is 0. The van der Waals surface area contributed by atoms with Crippen LogP contribution in [-0.4, -0.2) is 25.7 Å². The minimum atomic E-state index is 0.440. The topological polar surface area (TPSA) is 6.48 Å². The number of anilines is 2. The van der Waals surface area contributed by atoms with Crippen LogP contribution in [0.4, 0.5) is 11.4 Å². The second-order valence-corrected chi connectivity index (χ2v) is 4.68. The van der Waals surface area contributed by atoms with Crippen LogP contribution in [0.15, 0.2) is 36.4 Å². The minimum absolute atomic E-state index is 0.440. The van der Waals surface area contributed by atoms with E-state index in [9.17, 15) is 0 Å². The number of benzene rings is 1. The maximum Gasteiger partial charge on any atom is 0.0672 e. The van der Waals surface area contributed by atoms with Gasteiger partial charge in [0.15, 0.2) is 0 Å². The Morgan fingerprint density at radius 2 is 1.88 bits per heavy atom. The molecule has 2 nitrogen and oxygen atoms in total. The fraction of sp³-hybridized carbons (Fsp3) is 0.467. The van der Waals surface area contributed by atoms with Crippen LogP contribution in [0.5, 0.6) is 0 Å². The van der Waals surface area contributed by atoms with Gasteiger partial charge in [-0.3, -0.25) is 0 Å². The van der Waals surface area contributed by atoms with Gasteiger partial charge in [-0.25, -0.2) is 0 Å². The van der Waals surface area contributed by atoms with E-state index in [2.05, 4.69) is 61.4 Å². The van der Waals surface area contributed by atoms with Crippen molar-refractivity contribution in [1.82, 2.24) is 0 Å². The summed E-state index contributed by atoms with van der Waals surface area (Å²) in [6.45, 7) is 13.9. The molecule has 0 saturated carbocycles. The molecular formula is C15H22N2. The molecule has 0 fully saturated rings. The van der Waals surface area contributed by atoms with Crippen LogP contribution in [0.1, 0.15) is 20.8 Å². The maximum absolute atomic E-state index is 4.15. The fourth-order valence-corrected chi connectivity index (χ4v) is 2.66. The largest absolute Gasteiger partial charge is 0.368 e. The Labute approximate surface area is 105 Å². The molecule has 2 rings (SSSR count). The van der Waals surface area contributed by atoms with Crippen LogP contribution in [0.2, 0.25) is 0 Å². The molecule has 2 heteroatoms. The molecule has 1 aromatic carbocycles. The number of likely N-dealkylation sites (N-methyl/N-ethyl adjacent to an activating group) is 2. The lowest BCUT2D eigenvalue weighted by molar-refractivity contribution is 0.620. The Kier molecular flexibility index (Phi) is 3.41. The quantitative estimate of drug-likeness (QED) is 0.735. The number of nitrogens with zero attached hydrogens (tertiary/aromatic N) is 2. The molecule has 0 aliphatic carbocycles. The first-order chi connectivity index (χ1) is 8.19. The van der Waals surface area contributed by atoms with Crippen LogP contribution in [0, 0.1) is 0 Å². The second-order valence-electron chi connectivity index (χ2n) is 4.68. The monoisotopic (exact) mass is 230 g/mol. The number of hydrogen-bond donors (Lipinski definition) is 0. The van der Waals surface area contributed by atoms with Gasteiger partial charge in [0.25, 0.3) is 0 Å². The summed E-state index contributed by atoms with van der Waals surface area (Å²) in [5.41, 5.74) is 3.95. The molecule has 1 atom stereocenters. The van der Waals surface area contributed by atoms with E-state index in [0.717, 1.165) is 19.6 Å². The lowest BCUT2D eigenvalue weighted by atomic mass is 10.0. The first kappa shape index (κ1) is 12.0. The van der Waals surface area contributed by atoms with E-state index in [0.29, 0.717) is 6.04 Å². The molecule has 0 radical (unpaired) electrons. The van der Waals surface area contributed by atoms with Crippen LogP contribution in [0.3, 0.4) is 0 Å². The molecule has 1 aromatic rings. The number of fused-ring (bicyclic) bond motifs is 1. The third-order valence-electron chi connectivity index (χ3n) is 3.59. The highest BCUT2D eigenvalue weighted by molar-refractivity contribution is 5.74. The van der Waals surface area contributed by atoms with Crippen LogP contribution >= 0.6 is 0 Å².